The third kappa shape index (κ3) is 2.52. The Bertz CT molecular complexity index is 512. The smallest absolute Gasteiger partial charge is 0.164 e. The second-order valence-corrected chi connectivity index (χ2v) is 5.46. The highest BCUT2D eigenvalue weighted by Gasteiger charge is 2.53. The Kier molecular flexibility index (Phi) is 3.10. The van der Waals surface area contributed by atoms with Crippen molar-refractivity contribution in [3.05, 3.63) is 35.9 Å². The van der Waals surface area contributed by atoms with Crippen LogP contribution >= 0.6 is 0 Å². The highest BCUT2D eigenvalue weighted by atomic mass is 16.8. The molecule has 100 valence electrons. The van der Waals surface area contributed by atoms with Gasteiger partial charge in [0, 0.05) is 5.56 Å². The second kappa shape index (κ2) is 4.64. The standard InChI is InChI=1S/C16H18O3/c1-11-14-15(19-16(2,3)18-14)13(17-11)10-9-12-7-5-4-6-8-12/h4-8,11,13-15H,1-3H3/t11-,13+,14-,15+/m0/s1. The first kappa shape index (κ1) is 12.7. The zero-order chi connectivity index (χ0) is 13.5. The Morgan fingerprint density at radius 2 is 1.74 bits per heavy atom. The van der Waals surface area contributed by atoms with Gasteiger partial charge in [-0.25, -0.2) is 0 Å². The van der Waals surface area contributed by atoms with Crippen molar-refractivity contribution in [2.24, 2.45) is 0 Å². The Morgan fingerprint density at radius 1 is 1.05 bits per heavy atom. The summed E-state index contributed by atoms with van der Waals surface area (Å²) in [6, 6.07) is 9.90. The number of benzene rings is 1. The molecule has 1 aromatic rings. The fourth-order valence-corrected chi connectivity index (χ4v) is 2.59. The molecule has 2 saturated heterocycles. The van der Waals surface area contributed by atoms with Crippen LogP contribution in [-0.2, 0) is 14.2 Å². The van der Waals surface area contributed by atoms with E-state index in [-0.39, 0.29) is 24.4 Å². The summed E-state index contributed by atoms with van der Waals surface area (Å²) in [5.74, 6) is 5.76. The van der Waals surface area contributed by atoms with Crippen molar-refractivity contribution in [3.8, 4) is 11.8 Å². The van der Waals surface area contributed by atoms with Gasteiger partial charge in [0.05, 0.1) is 6.10 Å². The van der Waals surface area contributed by atoms with Crippen LogP contribution in [0.2, 0.25) is 0 Å². The average Bonchev–Trinajstić information content (AvgIpc) is 2.84. The van der Waals surface area contributed by atoms with E-state index in [1.807, 2.05) is 51.1 Å². The first-order chi connectivity index (χ1) is 9.05. The van der Waals surface area contributed by atoms with E-state index >= 15 is 0 Å². The molecule has 0 bridgehead atoms. The molecule has 0 unspecified atom stereocenters. The van der Waals surface area contributed by atoms with Gasteiger partial charge in [0.1, 0.15) is 18.3 Å². The maximum Gasteiger partial charge on any atom is 0.164 e. The van der Waals surface area contributed by atoms with Crippen LogP contribution in [0.5, 0.6) is 0 Å². The van der Waals surface area contributed by atoms with Crippen LogP contribution in [-0.4, -0.2) is 30.2 Å². The van der Waals surface area contributed by atoms with Gasteiger partial charge in [-0.3, -0.25) is 0 Å². The fourth-order valence-electron chi connectivity index (χ4n) is 2.59. The van der Waals surface area contributed by atoms with Gasteiger partial charge in [-0.05, 0) is 32.9 Å². The van der Waals surface area contributed by atoms with Crippen LogP contribution in [0, 0.1) is 11.8 Å². The lowest BCUT2D eigenvalue weighted by Gasteiger charge is -2.21. The number of ether oxygens (including phenoxy) is 3. The van der Waals surface area contributed by atoms with Crippen LogP contribution in [0.25, 0.3) is 0 Å². The zero-order valence-corrected chi connectivity index (χ0v) is 11.4. The van der Waals surface area contributed by atoms with Crippen molar-refractivity contribution in [3.63, 3.8) is 0 Å². The fraction of sp³-hybridized carbons (Fsp3) is 0.500. The number of hydrogen-bond acceptors (Lipinski definition) is 3. The summed E-state index contributed by atoms with van der Waals surface area (Å²) in [6.45, 7) is 5.87. The first-order valence-electron chi connectivity index (χ1n) is 6.63. The van der Waals surface area contributed by atoms with Crippen LogP contribution in [0.3, 0.4) is 0 Å². The minimum Gasteiger partial charge on any atom is -0.357 e. The predicted molar refractivity (Wildman–Crippen MR) is 71.5 cm³/mol. The minimum atomic E-state index is -0.542. The molecule has 0 spiro atoms. The first-order valence-corrected chi connectivity index (χ1v) is 6.63. The summed E-state index contributed by atoms with van der Waals surface area (Å²) in [5.41, 5.74) is 0.986. The van der Waals surface area contributed by atoms with E-state index in [9.17, 15) is 0 Å². The molecule has 0 aromatic heterocycles. The summed E-state index contributed by atoms with van der Waals surface area (Å²) >= 11 is 0. The Balaban J connectivity index is 1.78. The summed E-state index contributed by atoms with van der Waals surface area (Å²) in [6.07, 6.45) is -0.324. The van der Waals surface area contributed by atoms with Crippen molar-refractivity contribution in [1.82, 2.24) is 0 Å². The van der Waals surface area contributed by atoms with Crippen molar-refractivity contribution in [1.29, 1.82) is 0 Å². The molecule has 19 heavy (non-hydrogen) atoms. The molecular formula is C16H18O3. The summed E-state index contributed by atoms with van der Waals surface area (Å²) in [4.78, 5) is 0. The molecule has 3 nitrogen and oxygen atoms in total. The van der Waals surface area contributed by atoms with E-state index in [1.165, 1.54) is 0 Å². The van der Waals surface area contributed by atoms with Crippen LogP contribution in [0.4, 0.5) is 0 Å². The van der Waals surface area contributed by atoms with Gasteiger partial charge in [0.25, 0.3) is 0 Å². The molecular weight excluding hydrogens is 240 g/mol. The molecule has 3 heteroatoms. The molecule has 0 saturated carbocycles. The van der Waals surface area contributed by atoms with Gasteiger partial charge in [0.2, 0.25) is 0 Å². The quantitative estimate of drug-likeness (QED) is 0.669. The summed E-state index contributed by atoms with van der Waals surface area (Å²) < 4.78 is 17.6. The molecule has 2 heterocycles. The van der Waals surface area contributed by atoms with E-state index in [1.54, 1.807) is 0 Å². The van der Waals surface area contributed by atoms with Gasteiger partial charge < -0.3 is 14.2 Å². The molecule has 2 aliphatic rings. The minimum absolute atomic E-state index is 0.0156. The van der Waals surface area contributed by atoms with Crippen LogP contribution in [0.15, 0.2) is 30.3 Å². The Morgan fingerprint density at radius 3 is 2.47 bits per heavy atom. The highest BCUT2D eigenvalue weighted by molar-refractivity contribution is 5.35. The van der Waals surface area contributed by atoms with Gasteiger partial charge in [-0.15, -0.1) is 0 Å². The maximum absolute atomic E-state index is 5.89. The second-order valence-electron chi connectivity index (χ2n) is 5.46. The molecule has 2 fully saturated rings. The lowest BCUT2D eigenvalue weighted by atomic mass is 10.1. The Hall–Kier alpha value is -1.34. The largest absolute Gasteiger partial charge is 0.357 e. The SMILES string of the molecule is C[C@@H]1O[C@H](C#Cc2ccccc2)[C@H]2OC(C)(C)O[C@H]21. The number of hydrogen-bond donors (Lipinski definition) is 0. The predicted octanol–water partition coefficient (Wildman–Crippen LogP) is 2.35. The number of rotatable bonds is 0. The third-order valence-electron chi connectivity index (χ3n) is 3.42. The molecule has 3 rings (SSSR count). The van der Waals surface area contributed by atoms with E-state index in [2.05, 4.69) is 11.8 Å². The topological polar surface area (TPSA) is 27.7 Å². The van der Waals surface area contributed by atoms with Crippen molar-refractivity contribution in [2.45, 2.75) is 51.0 Å². The molecule has 2 aliphatic heterocycles. The maximum atomic E-state index is 5.89. The average molecular weight is 258 g/mol. The van der Waals surface area contributed by atoms with Crippen molar-refractivity contribution >= 4 is 0 Å². The lowest BCUT2D eigenvalue weighted by molar-refractivity contribution is -0.179. The summed E-state index contributed by atoms with van der Waals surface area (Å²) in [5, 5.41) is 0. The van der Waals surface area contributed by atoms with Gasteiger partial charge in [-0.1, -0.05) is 30.0 Å². The van der Waals surface area contributed by atoms with Crippen molar-refractivity contribution in [2.75, 3.05) is 0 Å². The molecule has 0 N–H and O–H groups in total. The van der Waals surface area contributed by atoms with Gasteiger partial charge in [0.15, 0.2) is 5.79 Å². The van der Waals surface area contributed by atoms with Crippen LogP contribution < -0.4 is 0 Å². The molecule has 0 aliphatic carbocycles. The van der Waals surface area contributed by atoms with Gasteiger partial charge >= 0.3 is 0 Å². The van der Waals surface area contributed by atoms with E-state index < -0.39 is 5.79 Å². The van der Waals surface area contributed by atoms with E-state index in [0.717, 1.165) is 5.56 Å². The molecule has 0 radical (unpaired) electrons. The number of fused-ring (bicyclic) bond motifs is 1. The molecule has 0 amide bonds. The van der Waals surface area contributed by atoms with Gasteiger partial charge in [-0.2, -0.15) is 0 Å². The third-order valence-corrected chi connectivity index (χ3v) is 3.42. The highest BCUT2D eigenvalue weighted by Crippen LogP contribution is 2.38. The van der Waals surface area contributed by atoms with Crippen LogP contribution in [0.1, 0.15) is 26.3 Å². The Labute approximate surface area is 113 Å². The monoisotopic (exact) mass is 258 g/mol. The molecule has 4 atom stereocenters. The zero-order valence-electron chi connectivity index (χ0n) is 11.4. The summed E-state index contributed by atoms with van der Waals surface area (Å²) in [7, 11) is 0. The van der Waals surface area contributed by atoms with E-state index in [0.29, 0.717) is 0 Å². The van der Waals surface area contributed by atoms with E-state index in [4.69, 9.17) is 14.2 Å². The normalized spacial score (nSPS) is 35.5. The van der Waals surface area contributed by atoms with Crippen molar-refractivity contribution < 1.29 is 14.2 Å². The lowest BCUT2D eigenvalue weighted by Crippen LogP contribution is -2.28. The molecule has 1 aromatic carbocycles.